The fourth-order valence-electron chi connectivity index (χ4n) is 3.73. The zero-order chi connectivity index (χ0) is 20.8. The number of amidine groups is 1. The lowest BCUT2D eigenvalue weighted by molar-refractivity contribution is 0.489. The topological polar surface area (TPSA) is 98.3 Å². The molecule has 1 aromatic carbocycles. The molecule has 1 atom stereocenters. The largest absolute Gasteiger partial charge is 0.387 e. The average Bonchev–Trinajstić information content (AvgIpc) is 2.61. The maximum absolute atomic E-state index is 14.7. The van der Waals surface area contributed by atoms with Crippen LogP contribution in [0.15, 0.2) is 47.7 Å². The molecular weight excluding hydrogens is 415 g/mol. The van der Waals surface area contributed by atoms with Crippen LogP contribution in [0.2, 0.25) is 5.02 Å². The quantitative estimate of drug-likeness (QED) is 0.685. The van der Waals surface area contributed by atoms with Crippen molar-refractivity contribution in [3.8, 4) is 0 Å². The van der Waals surface area contributed by atoms with Crippen molar-refractivity contribution < 1.29 is 12.8 Å². The number of hydrogen-bond donors (Lipinski definition) is 1. The summed E-state index contributed by atoms with van der Waals surface area (Å²) in [5.74, 6) is -1.15. The summed E-state index contributed by atoms with van der Waals surface area (Å²) in [4.78, 5) is 13.1. The zero-order valence-electron chi connectivity index (χ0n) is 15.6. The number of halogens is 2. The molecule has 150 valence electrons. The molecule has 0 radical (unpaired) electrons. The third-order valence-corrected chi connectivity index (χ3v) is 6.83. The van der Waals surface area contributed by atoms with E-state index < -0.39 is 21.2 Å². The maximum atomic E-state index is 14.7. The number of nitrogens with zero attached hydrogens (tertiary/aromatic N) is 3. The van der Waals surface area contributed by atoms with Gasteiger partial charge >= 0.3 is 0 Å². The number of fused-ring (bicyclic) bond motifs is 1. The van der Waals surface area contributed by atoms with E-state index in [9.17, 15) is 12.8 Å². The van der Waals surface area contributed by atoms with E-state index in [0.717, 1.165) is 10.9 Å². The van der Waals surface area contributed by atoms with E-state index in [4.69, 9.17) is 17.3 Å². The van der Waals surface area contributed by atoms with Crippen molar-refractivity contribution >= 4 is 38.2 Å². The van der Waals surface area contributed by atoms with Crippen molar-refractivity contribution in [1.29, 1.82) is 0 Å². The van der Waals surface area contributed by atoms with Gasteiger partial charge in [0.15, 0.2) is 9.84 Å². The van der Waals surface area contributed by atoms with Crippen molar-refractivity contribution in [1.82, 2.24) is 9.97 Å². The molecule has 0 unspecified atom stereocenters. The second kappa shape index (κ2) is 7.03. The minimum Gasteiger partial charge on any atom is -0.387 e. The lowest BCUT2D eigenvalue weighted by atomic mass is 9.91. The fraction of sp³-hybridized carbons (Fsp3) is 0.250. The molecule has 9 heteroatoms. The third kappa shape index (κ3) is 3.95. The van der Waals surface area contributed by atoms with Crippen LogP contribution in [0.5, 0.6) is 0 Å². The Morgan fingerprint density at radius 1 is 1.24 bits per heavy atom. The van der Waals surface area contributed by atoms with Crippen LogP contribution in [0.1, 0.15) is 23.7 Å². The molecule has 2 N–H and O–H groups in total. The molecule has 2 aromatic heterocycles. The van der Waals surface area contributed by atoms with Crippen LogP contribution in [0.25, 0.3) is 10.9 Å². The fourth-order valence-corrected chi connectivity index (χ4v) is 5.59. The molecule has 0 fully saturated rings. The Kier molecular flexibility index (Phi) is 4.78. The number of aliphatic imine (C=N–C) groups is 1. The monoisotopic (exact) mass is 432 g/mol. The highest BCUT2D eigenvalue weighted by molar-refractivity contribution is 7.92. The predicted molar refractivity (Wildman–Crippen MR) is 111 cm³/mol. The van der Waals surface area contributed by atoms with Gasteiger partial charge in [-0.25, -0.2) is 12.8 Å². The minimum absolute atomic E-state index is 0.0136. The summed E-state index contributed by atoms with van der Waals surface area (Å²) in [7, 11) is -3.47. The number of hydrogen-bond acceptors (Lipinski definition) is 6. The van der Waals surface area contributed by atoms with Crippen molar-refractivity contribution in [2.75, 3.05) is 11.5 Å². The number of pyridine rings is 2. The molecule has 0 amide bonds. The zero-order valence-corrected chi connectivity index (χ0v) is 17.1. The van der Waals surface area contributed by atoms with E-state index in [2.05, 4.69) is 15.0 Å². The number of sulfone groups is 1. The first-order chi connectivity index (χ1) is 13.7. The standard InChI is InChI=1S/C20H18ClFN4O2S/c1-20(11-29(27,28)10-18(23)26-20)15-6-12(2-3-16(15)22)7-17-19-13(4-5-24-17)8-14(21)9-25-19/h2-6,8-9H,7,10-11H2,1H3,(H2,23,26)/t20-/m0/s1. The van der Waals surface area contributed by atoms with Gasteiger partial charge in [0, 0.05) is 29.8 Å². The molecule has 3 heterocycles. The van der Waals surface area contributed by atoms with Gasteiger partial charge in [-0.05, 0) is 30.7 Å². The Morgan fingerprint density at radius 3 is 2.79 bits per heavy atom. The molecule has 0 spiro atoms. The Bertz CT molecular complexity index is 1260. The van der Waals surface area contributed by atoms with Gasteiger partial charge in [-0.15, -0.1) is 0 Å². The Balaban J connectivity index is 1.76. The molecule has 3 aromatic rings. The first-order valence-electron chi connectivity index (χ1n) is 8.88. The van der Waals surface area contributed by atoms with Crippen molar-refractivity contribution in [3.63, 3.8) is 0 Å². The molecule has 1 aliphatic rings. The molecule has 0 aliphatic carbocycles. The average molecular weight is 433 g/mol. The molecule has 6 nitrogen and oxygen atoms in total. The molecule has 29 heavy (non-hydrogen) atoms. The van der Waals surface area contributed by atoms with E-state index in [0.29, 0.717) is 22.7 Å². The first kappa shape index (κ1) is 19.7. The van der Waals surface area contributed by atoms with E-state index in [1.165, 1.54) is 6.07 Å². The van der Waals surface area contributed by atoms with Gasteiger partial charge in [-0.2, -0.15) is 0 Å². The summed E-state index contributed by atoms with van der Waals surface area (Å²) >= 11 is 6.01. The smallest absolute Gasteiger partial charge is 0.160 e. The molecule has 1 aliphatic heterocycles. The number of nitrogens with two attached hydrogens (primary N) is 1. The highest BCUT2D eigenvalue weighted by Crippen LogP contribution is 2.33. The summed E-state index contributed by atoms with van der Waals surface area (Å²) in [5, 5.41) is 1.38. The summed E-state index contributed by atoms with van der Waals surface area (Å²) in [6.45, 7) is 1.58. The molecule has 0 saturated carbocycles. The number of rotatable bonds is 3. The van der Waals surface area contributed by atoms with Crippen LogP contribution in [0, 0.1) is 5.82 Å². The summed E-state index contributed by atoms with van der Waals surface area (Å²) in [6, 6.07) is 8.21. The lowest BCUT2D eigenvalue weighted by Crippen LogP contribution is -2.42. The molecule has 4 rings (SSSR count). The van der Waals surface area contributed by atoms with Gasteiger partial charge in [0.1, 0.15) is 22.9 Å². The van der Waals surface area contributed by atoms with E-state index in [1.54, 1.807) is 37.5 Å². The van der Waals surface area contributed by atoms with E-state index >= 15 is 0 Å². The van der Waals surface area contributed by atoms with Crippen LogP contribution < -0.4 is 5.73 Å². The highest BCUT2D eigenvalue weighted by Gasteiger charge is 2.39. The Labute approximate surface area is 172 Å². The minimum atomic E-state index is -3.47. The SMILES string of the molecule is C[C@@]1(c2cc(Cc3nccc4cc(Cl)cnc34)ccc2F)CS(=O)(=O)CC(N)=N1. The molecular formula is C20H18ClFN4O2S. The normalized spacial score (nSPS) is 21.1. The highest BCUT2D eigenvalue weighted by atomic mass is 35.5. The van der Waals surface area contributed by atoms with Gasteiger partial charge < -0.3 is 5.73 Å². The van der Waals surface area contributed by atoms with Crippen LogP contribution in [0.4, 0.5) is 4.39 Å². The second-order valence-corrected chi connectivity index (χ2v) is 9.88. The van der Waals surface area contributed by atoms with Gasteiger partial charge in [0.25, 0.3) is 0 Å². The van der Waals surface area contributed by atoms with Crippen molar-refractivity contribution in [3.05, 3.63) is 70.4 Å². The molecule has 0 bridgehead atoms. The van der Waals surface area contributed by atoms with E-state index in [1.807, 2.05) is 6.07 Å². The lowest BCUT2D eigenvalue weighted by Gasteiger charge is -2.30. The first-order valence-corrected chi connectivity index (χ1v) is 11.1. The van der Waals surface area contributed by atoms with Crippen LogP contribution in [-0.4, -0.2) is 35.7 Å². The van der Waals surface area contributed by atoms with Crippen LogP contribution in [-0.2, 0) is 21.8 Å². The third-order valence-electron chi connectivity index (χ3n) is 4.88. The molecule has 0 saturated heterocycles. The Hall–Kier alpha value is -2.58. The van der Waals surface area contributed by atoms with Crippen LogP contribution >= 0.6 is 11.6 Å². The van der Waals surface area contributed by atoms with Gasteiger partial charge in [0.2, 0.25) is 0 Å². The maximum Gasteiger partial charge on any atom is 0.160 e. The second-order valence-electron chi connectivity index (χ2n) is 7.38. The summed E-state index contributed by atoms with van der Waals surface area (Å²) < 4.78 is 39.1. The van der Waals surface area contributed by atoms with Gasteiger partial charge in [-0.3, -0.25) is 15.0 Å². The van der Waals surface area contributed by atoms with Crippen molar-refractivity contribution in [2.45, 2.75) is 18.9 Å². The van der Waals surface area contributed by atoms with E-state index in [-0.39, 0.29) is 22.9 Å². The Morgan fingerprint density at radius 2 is 2.03 bits per heavy atom. The van der Waals surface area contributed by atoms with Crippen molar-refractivity contribution in [2.24, 2.45) is 10.7 Å². The number of aromatic nitrogens is 2. The van der Waals surface area contributed by atoms with Crippen LogP contribution in [0.3, 0.4) is 0 Å². The van der Waals surface area contributed by atoms with Gasteiger partial charge in [0.05, 0.1) is 22.0 Å². The summed E-state index contributed by atoms with van der Waals surface area (Å²) in [6.07, 6.45) is 3.61. The summed E-state index contributed by atoms with van der Waals surface area (Å²) in [5.41, 5.74) is 6.82. The van der Waals surface area contributed by atoms with Gasteiger partial charge in [-0.1, -0.05) is 23.7 Å². The predicted octanol–water partition coefficient (Wildman–Crippen LogP) is 3.01. The number of benzene rings is 1.